The number of likely N-dealkylation sites (tertiary alicyclic amines) is 1. The molecule has 30 heavy (non-hydrogen) atoms. The molecule has 2 N–H and O–H groups in total. The topological polar surface area (TPSA) is 79.6 Å². The number of methoxy groups -OCH3 is 1. The maximum Gasteiger partial charge on any atom is 0.191 e. The Kier molecular flexibility index (Phi) is 8.07. The molecule has 0 bridgehead atoms. The van der Waals surface area contributed by atoms with Gasteiger partial charge in [-0.25, -0.2) is 4.99 Å². The molecule has 8 heteroatoms. The van der Waals surface area contributed by atoms with Crippen LogP contribution in [-0.2, 0) is 20.0 Å². The highest BCUT2D eigenvalue weighted by molar-refractivity contribution is 5.79. The molecule has 0 saturated carbocycles. The Morgan fingerprint density at radius 2 is 2.10 bits per heavy atom. The second kappa shape index (κ2) is 11.0. The summed E-state index contributed by atoms with van der Waals surface area (Å²) < 4.78 is 7.44. The van der Waals surface area contributed by atoms with E-state index in [0.29, 0.717) is 12.6 Å². The summed E-state index contributed by atoms with van der Waals surface area (Å²) in [5, 5.41) is 15.4. The lowest BCUT2D eigenvalue weighted by Gasteiger charge is -2.24. The number of rotatable bonds is 9. The number of benzene rings is 1. The molecule has 164 valence electrons. The standard InChI is InChI=1S/C22H35N7O/c1-5-29-14-8-10-19(29)15-24-22(25-16-21-27-26-17(2)28(21)3)23-13-12-18-9-6-7-11-20(18)30-4/h6-7,9,11,19H,5,8,10,12-16H2,1-4H3,(H2,23,24,25). The lowest BCUT2D eigenvalue weighted by atomic mass is 10.1. The highest BCUT2D eigenvalue weighted by Gasteiger charge is 2.22. The van der Waals surface area contributed by atoms with Gasteiger partial charge in [0, 0.05) is 26.2 Å². The lowest BCUT2D eigenvalue weighted by Crippen LogP contribution is -2.45. The van der Waals surface area contributed by atoms with Crippen molar-refractivity contribution in [1.29, 1.82) is 0 Å². The molecule has 1 aromatic carbocycles. The first-order valence-corrected chi connectivity index (χ1v) is 10.8. The number of ether oxygens (including phenoxy) is 1. The molecule has 1 aliphatic heterocycles. The Morgan fingerprint density at radius 1 is 1.27 bits per heavy atom. The van der Waals surface area contributed by atoms with Gasteiger partial charge in [-0.15, -0.1) is 10.2 Å². The Morgan fingerprint density at radius 3 is 2.83 bits per heavy atom. The number of para-hydroxylation sites is 1. The molecule has 1 aromatic heterocycles. The van der Waals surface area contributed by atoms with Gasteiger partial charge in [0.2, 0.25) is 0 Å². The number of likely N-dealkylation sites (N-methyl/N-ethyl adjacent to an activating group) is 1. The van der Waals surface area contributed by atoms with E-state index in [2.05, 4.69) is 38.7 Å². The van der Waals surface area contributed by atoms with Crippen LogP contribution in [-0.4, -0.2) is 65.0 Å². The predicted molar refractivity (Wildman–Crippen MR) is 120 cm³/mol. The second-order valence-electron chi connectivity index (χ2n) is 7.68. The van der Waals surface area contributed by atoms with Crippen molar-refractivity contribution in [3.8, 4) is 5.75 Å². The largest absolute Gasteiger partial charge is 0.496 e. The fraction of sp³-hybridized carbons (Fsp3) is 0.591. The van der Waals surface area contributed by atoms with Gasteiger partial charge >= 0.3 is 0 Å². The fourth-order valence-electron chi connectivity index (χ4n) is 3.89. The molecule has 1 atom stereocenters. The van der Waals surface area contributed by atoms with Gasteiger partial charge in [0.25, 0.3) is 0 Å². The molecule has 0 amide bonds. The van der Waals surface area contributed by atoms with E-state index < -0.39 is 0 Å². The van der Waals surface area contributed by atoms with E-state index in [1.807, 2.05) is 36.7 Å². The van der Waals surface area contributed by atoms with E-state index in [-0.39, 0.29) is 0 Å². The van der Waals surface area contributed by atoms with Crippen molar-refractivity contribution in [3.05, 3.63) is 41.5 Å². The highest BCUT2D eigenvalue weighted by atomic mass is 16.5. The zero-order valence-corrected chi connectivity index (χ0v) is 18.7. The van der Waals surface area contributed by atoms with Gasteiger partial charge in [-0.1, -0.05) is 25.1 Å². The minimum atomic E-state index is 0.490. The zero-order valence-electron chi connectivity index (χ0n) is 18.7. The molecular weight excluding hydrogens is 378 g/mol. The molecule has 1 saturated heterocycles. The smallest absolute Gasteiger partial charge is 0.191 e. The van der Waals surface area contributed by atoms with Crippen LogP contribution in [0.25, 0.3) is 0 Å². The minimum absolute atomic E-state index is 0.490. The fourth-order valence-corrected chi connectivity index (χ4v) is 3.89. The van der Waals surface area contributed by atoms with E-state index >= 15 is 0 Å². The zero-order chi connectivity index (χ0) is 21.3. The molecule has 2 heterocycles. The molecule has 1 aliphatic rings. The van der Waals surface area contributed by atoms with Gasteiger partial charge < -0.3 is 19.9 Å². The summed E-state index contributed by atoms with van der Waals surface area (Å²) in [6.45, 7) is 8.62. The van der Waals surface area contributed by atoms with Crippen molar-refractivity contribution >= 4 is 5.96 Å². The first-order chi connectivity index (χ1) is 14.6. The van der Waals surface area contributed by atoms with E-state index in [1.165, 1.54) is 24.9 Å². The number of hydrogen-bond acceptors (Lipinski definition) is 5. The first-order valence-electron chi connectivity index (χ1n) is 10.8. The molecule has 0 aliphatic carbocycles. The number of nitrogens with zero attached hydrogens (tertiary/aromatic N) is 5. The Balaban J connectivity index is 1.62. The maximum atomic E-state index is 5.47. The molecule has 8 nitrogen and oxygen atoms in total. The lowest BCUT2D eigenvalue weighted by molar-refractivity contribution is 0.267. The van der Waals surface area contributed by atoms with E-state index in [1.54, 1.807) is 7.11 Å². The number of aryl methyl sites for hydroxylation is 1. The molecule has 1 fully saturated rings. The summed E-state index contributed by atoms with van der Waals surface area (Å²) in [6.07, 6.45) is 3.36. The Hall–Kier alpha value is -2.61. The van der Waals surface area contributed by atoms with Crippen LogP contribution in [0.3, 0.4) is 0 Å². The van der Waals surface area contributed by atoms with Crippen LogP contribution < -0.4 is 15.4 Å². The van der Waals surface area contributed by atoms with Crippen molar-refractivity contribution in [2.45, 2.75) is 45.7 Å². The number of hydrogen-bond donors (Lipinski definition) is 2. The van der Waals surface area contributed by atoms with Gasteiger partial charge in [-0.05, 0) is 50.9 Å². The van der Waals surface area contributed by atoms with Crippen LogP contribution in [0.15, 0.2) is 29.3 Å². The van der Waals surface area contributed by atoms with Crippen LogP contribution in [0.2, 0.25) is 0 Å². The van der Waals surface area contributed by atoms with E-state index in [9.17, 15) is 0 Å². The van der Waals surface area contributed by atoms with Crippen LogP contribution in [0.1, 0.15) is 37.0 Å². The van der Waals surface area contributed by atoms with E-state index in [4.69, 9.17) is 9.73 Å². The quantitative estimate of drug-likeness (QED) is 0.483. The third-order valence-corrected chi connectivity index (χ3v) is 5.85. The number of aliphatic imine (C=N–C) groups is 1. The molecule has 1 unspecified atom stereocenters. The molecule has 3 rings (SSSR count). The molecule has 0 spiro atoms. The monoisotopic (exact) mass is 413 g/mol. The number of guanidine groups is 1. The van der Waals surface area contributed by atoms with Gasteiger partial charge in [0.05, 0.1) is 7.11 Å². The Bertz CT molecular complexity index is 833. The summed E-state index contributed by atoms with van der Waals surface area (Å²) in [4.78, 5) is 7.31. The average molecular weight is 414 g/mol. The van der Waals surface area contributed by atoms with Crippen LogP contribution in [0, 0.1) is 6.92 Å². The second-order valence-corrected chi connectivity index (χ2v) is 7.68. The van der Waals surface area contributed by atoms with Crippen LogP contribution >= 0.6 is 0 Å². The first kappa shape index (κ1) is 22.1. The minimum Gasteiger partial charge on any atom is -0.496 e. The van der Waals surface area contributed by atoms with Crippen molar-refractivity contribution in [2.24, 2.45) is 12.0 Å². The summed E-state index contributed by atoms with van der Waals surface area (Å²) in [7, 11) is 3.69. The summed E-state index contributed by atoms with van der Waals surface area (Å²) >= 11 is 0. The molecular formula is C22H35N7O. The summed E-state index contributed by atoms with van der Waals surface area (Å²) in [5.74, 6) is 3.48. The van der Waals surface area contributed by atoms with Gasteiger partial charge in [0.15, 0.2) is 11.8 Å². The van der Waals surface area contributed by atoms with Crippen molar-refractivity contribution in [3.63, 3.8) is 0 Å². The van der Waals surface area contributed by atoms with Crippen molar-refractivity contribution in [2.75, 3.05) is 33.3 Å². The summed E-state index contributed by atoms with van der Waals surface area (Å²) in [5.41, 5.74) is 1.18. The SMILES string of the molecule is CCN1CCCC1CNC(=NCc1nnc(C)n1C)NCCc1ccccc1OC. The van der Waals surface area contributed by atoms with Crippen LogP contribution in [0.5, 0.6) is 5.75 Å². The van der Waals surface area contributed by atoms with Gasteiger partial charge in [-0.3, -0.25) is 4.90 Å². The van der Waals surface area contributed by atoms with Crippen molar-refractivity contribution < 1.29 is 4.74 Å². The number of aromatic nitrogens is 3. The third-order valence-electron chi connectivity index (χ3n) is 5.85. The average Bonchev–Trinajstić information content (AvgIpc) is 3.36. The Labute approximate surface area is 179 Å². The van der Waals surface area contributed by atoms with Gasteiger partial charge in [-0.2, -0.15) is 0 Å². The predicted octanol–water partition coefficient (Wildman–Crippen LogP) is 1.89. The van der Waals surface area contributed by atoms with E-state index in [0.717, 1.165) is 49.4 Å². The van der Waals surface area contributed by atoms with Crippen molar-refractivity contribution in [1.82, 2.24) is 30.3 Å². The maximum absolute atomic E-state index is 5.47. The number of nitrogens with one attached hydrogen (secondary N) is 2. The van der Waals surface area contributed by atoms with Gasteiger partial charge in [0.1, 0.15) is 18.1 Å². The third kappa shape index (κ3) is 5.72. The molecule has 2 aromatic rings. The molecule has 0 radical (unpaired) electrons. The normalized spacial score (nSPS) is 17.3. The highest BCUT2D eigenvalue weighted by Crippen LogP contribution is 2.17. The summed E-state index contributed by atoms with van der Waals surface area (Å²) in [6, 6.07) is 8.70. The van der Waals surface area contributed by atoms with Crippen LogP contribution in [0.4, 0.5) is 0 Å².